The van der Waals surface area contributed by atoms with Crippen molar-refractivity contribution < 1.29 is 0 Å². The zero-order chi connectivity index (χ0) is 11.5. The van der Waals surface area contributed by atoms with Gasteiger partial charge < -0.3 is 10.6 Å². The van der Waals surface area contributed by atoms with Crippen molar-refractivity contribution in [2.24, 2.45) is 17.1 Å². The monoisotopic (exact) mass is 211 g/mol. The van der Waals surface area contributed by atoms with Crippen LogP contribution in [-0.2, 0) is 0 Å². The molecule has 1 rings (SSSR count). The van der Waals surface area contributed by atoms with Crippen LogP contribution in [0.1, 0.15) is 40.0 Å². The zero-order valence-electron chi connectivity index (χ0n) is 10.3. The van der Waals surface area contributed by atoms with Crippen LogP contribution in [0.15, 0.2) is 0 Å². The van der Waals surface area contributed by atoms with Crippen molar-refractivity contribution in [1.82, 2.24) is 4.90 Å². The summed E-state index contributed by atoms with van der Waals surface area (Å²) in [6.45, 7) is 10.1. The number of nitrogens with one attached hydrogen (secondary N) is 1. The highest BCUT2D eigenvalue weighted by Crippen LogP contribution is 2.49. The van der Waals surface area contributed by atoms with Crippen LogP contribution in [-0.4, -0.2) is 30.4 Å². The molecule has 15 heavy (non-hydrogen) atoms. The minimum absolute atomic E-state index is 0.355. The molecule has 3 heteroatoms. The second-order valence-electron chi connectivity index (χ2n) is 5.42. The van der Waals surface area contributed by atoms with Crippen molar-refractivity contribution in [3.8, 4) is 0 Å². The second-order valence-corrected chi connectivity index (χ2v) is 5.42. The first-order valence-electron chi connectivity index (χ1n) is 6.03. The van der Waals surface area contributed by atoms with Crippen LogP contribution in [0.3, 0.4) is 0 Å². The Morgan fingerprint density at radius 3 is 2.40 bits per heavy atom. The molecule has 0 atom stereocenters. The van der Waals surface area contributed by atoms with E-state index in [0.29, 0.717) is 11.3 Å². The lowest BCUT2D eigenvalue weighted by atomic mass is 10.0. The van der Waals surface area contributed by atoms with Gasteiger partial charge in [-0.1, -0.05) is 20.8 Å². The molecule has 0 bridgehead atoms. The number of nitrogens with two attached hydrogens (primary N) is 1. The topological polar surface area (TPSA) is 53.1 Å². The highest BCUT2D eigenvalue weighted by atomic mass is 15.1. The van der Waals surface area contributed by atoms with E-state index in [-0.39, 0.29) is 0 Å². The number of nitrogens with zero attached hydrogens (tertiary/aromatic N) is 1. The van der Waals surface area contributed by atoms with E-state index in [1.807, 2.05) is 0 Å². The number of hydrogen-bond acceptors (Lipinski definition) is 2. The molecule has 3 N–H and O–H groups in total. The first kappa shape index (κ1) is 12.5. The molecule has 0 heterocycles. The third-order valence-corrected chi connectivity index (χ3v) is 3.15. The maximum atomic E-state index is 7.39. The van der Waals surface area contributed by atoms with Gasteiger partial charge in [-0.3, -0.25) is 5.41 Å². The van der Waals surface area contributed by atoms with Crippen molar-refractivity contribution in [2.45, 2.75) is 40.0 Å². The first-order chi connectivity index (χ1) is 6.97. The normalized spacial score (nSPS) is 18.5. The van der Waals surface area contributed by atoms with E-state index in [2.05, 4.69) is 25.7 Å². The lowest BCUT2D eigenvalue weighted by Crippen LogP contribution is -2.35. The molecule has 0 amide bonds. The Hall–Kier alpha value is -0.570. The van der Waals surface area contributed by atoms with Crippen LogP contribution in [0.25, 0.3) is 0 Å². The Labute approximate surface area is 93.5 Å². The highest BCUT2D eigenvalue weighted by Gasteiger charge is 2.43. The third-order valence-electron chi connectivity index (χ3n) is 3.15. The molecule has 0 spiro atoms. The largest absolute Gasteiger partial charge is 0.388 e. The van der Waals surface area contributed by atoms with E-state index in [1.54, 1.807) is 0 Å². The molecule has 1 saturated carbocycles. The molecule has 1 fully saturated rings. The third kappa shape index (κ3) is 4.20. The summed E-state index contributed by atoms with van der Waals surface area (Å²) >= 11 is 0. The molecule has 0 saturated heterocycles. The van der Waals surface area contributed by atoms with Crippen LogP contribution >= 0.6 is 0 Å². The predicted molar refractivity (Wildman–Crippen MR) is 65.2 cm³/mol. The van der Waals surface area contributed by atoms with Gasteiger partial charge in [-0.25, -0.2) is 0 Å². The summed E-state index contributed by atoms with van der Waals surface area (Å²) in [5.41, 5.74) is 5.86. The molecular weight excluding hydrogens is 186 g/mol. The summed E-state index contributed by atoms with van der Waals surface area (Å²) < 4.78 is 0. The Bertz CT molecular complexity index is 219. The minimum Gasteiger partial charge on any atom is -0.388 e. The van der Waals surface area contributed by atoms with Crippen LogP contribution in [0.4, 0.5) is 0 Å². The van der Waals surface area contributed by atoms with Gasteiger partial charge in [0.1, 0.15) is 0 Å². The van der Waals surface area contributed by atoms with Gasteiger partial charge in [0.2, 0.25) is 0 Å². The standard InChI is InChI=1S/C12H25N3/c1-4-15(8-10(2)3)9-12(5-6-12)7-11(13)14/h10H,4-9H2,1-3H3,(H3,13,14). The molecule has 0 aromatic rings. The summed E-state index contributed by atoms with van der Waals surface area (Å²) in [5, 5.41) is 7.39. The lowest BCUT2D eigenvalue weighted by Gasteiger charge is -2.27. The number of hydrogen-bond donors (Lipinski definition) is 2. The summed E-state index contributed by atoms with van der Waals surface area (Å²) in [6, 6.07) is 0. The fraction of sp³-hybridized carbons (Fsp3) is 0.917. The smallest absolute Gasteiger partial charge is 0.0911 e. The van der Waals surface area contributed by atoms with E-state index in [9.17, 15) is 0 Å². The maximum absolute atomic E-state index is 7.39. The van der Waals surface area contributed by atoms with Gasteiger partial charge in [-0.2, -0.15) is 0 Å². The van der Waals surface area contributed by atoms with Crippen LogP contribution in [0, 0.1) is 16.7 Å². The second kappa shape index (κ2) is 4.97. The molecule has 0 radical (unpaired) electrons. The van der Waals surface area contributed by atoms with Crippen molar-refractivity contribution in [1.29, 1.82) is 5.41 Å². The summed E-state index contributed by atoms with van der Waals surface area (Å²) in [5.74, 6) is 1.08. The van der Waals surface area contributed by atoms with E-state index in [4.69, 9.17) is 11.1 Å². The van der Waals surface area contributed by atoms with Crippen LogP contribution in [0.5, 0.6) is 0 Å². The molecule has 0 unspecified atom stereocenters. The number of amidine groups is 1. The summed E-state index contributed by atoms with van der Waals surface area (Å²) in [6.07, 6.45) is 3.30. The van der Waals surface area contributed by atoms with E-state index < -0.39 is 0 Å². The summed E-state index contributed by atoms with van der Waals surface area (Å²) in [7, 11) is 0. The van der Waals surface area contributed by atoms with Crippen molar-refractivity contribution in [3.63, 3.8) is 0 Å². The van der Waals surface area contributed by atoms with Gasteiger partial charge in [-0.05, 0) is 30.7 Å². The molecular formula is C12H25N3. The zero-order valence-corrected chi connectivity index (χ0v) is 10.3. The Balaban J connectivity index is 2.40. The Kier molecular flexibility index (Phi) is 4.14. The Morgan fingerprint density at radius 1 is 1.47 bits per heavy atom. The van der Waals surface area contributed by atoms with Crippen LogP contribution < -0.4 is 5.73 Å². The predicted octanol–water partition coefficient (Wildman–Crippen LogP) is 2.07. The van der Waals surface area contributed by atoms with E-state index in [1.165, 1.54) is 12.8 Å². The van der Waals surface area contributed by atoms with Gasteiger partial charge in [0.05, 0.1) is 5.84 Å². The molecule has 0 aromatic heterocycles. The van der Waals surface area contributed by atoms with Crippen LogP contribution in [0.2, 0.25) is 0 Å². The fourth-order valence-corrected chi connectivity index (χ4v) is 2.27. The molecule has 3 nitrogen and oxygen atoms in total. The molecule has 1 aliphatic carbocycles. The van der Waals surface area contributed by atoms with Crippen molar-refractivity contribution in [2.75, 3.05) is 19.6 Å². The number of rotatable bonds is 7. The van der Waals surface area contributed by atoms with Crippen molar-refractivity contribution >= 4 is 5.84 Å². The van der Waals surface area contributed by atoms with E-state index >= 15 is 0 Å². The van der Waals surface area contributed by atoms with E-state index in [0.717, 1.165) is 32.0 Å². The molecule has 1 aliphatic rings. The molecule has 88 valence electrons. The van der Waals surface area contributed by atoms with Gasteiger partial charge in [-0.15, -0.1) is 0 Å². The average Bonchev–Trinajstić information content (AvgIpc) is 2.81. The highest BCUT2D eigenvalue weighted by molar-refractivity contribution is 5.78. The minimum atomic E-state index is 0.355. The fourth-order valence-electron chi connectivity index (χ4n) is 2.27. The maximum Gasteiger partial charge on any atom is 0.0911 e. The van der Waals surface area contributed by atoms with Gasteiger partial charge >= 0.3 is 0 Å². The van der Waals surface area contributed by atoms with Crippen molar-refractivity contribution in [3.05, 3.63) is 0 Å². The first-order valence-corrected chi connectivity index (χ1v) is 6.03. The molecule has 0 aromatic carbocycles. The average molecular weight is 211 g/mol. The quantitative estimate of drug-likeness (QED) is 0.500. The molecule has 0 aliphatic heterocycles. The van der Waals surface area contributed by atoms with Gasteiger partial charge in [0.15, 0.2) is 0 Å². The summed E-state index contributed by atoms with van der Waals surface area (Å²) in [4.78, 5) is 2.50. The van der Waals surface area contributed by atoms with Gasteiger partial charge in [0, 0.05) is 19.5 Å². The van der Waals surface area contributed by atoms with Gasteiger partial charge in [0.25, 0.3) is 0 Å². The lowest BCUT2D eigenvalue weighted by molar-refractivity contribution is 0.209. The SMILES string of the molecule is CCN(CC(C)C)CC1(CC(=N)N)CC1. The Morgan fingerprint density at radius 2 is 2.07 bits per heavy atom.